The van der Waals surface area contributed by atoms with Gasteiger partial charge in [-0.1, -0.05) is 13.8 Å². The van der Waals surface area contributed by atoms with Crippen molar-refractivity contribution in [2.75, 3.05) is 13.2 Å². The van der Waals surface area contributed by atoms with Gasteiger partial charge in [0.2, 0.25) is 0 Å². The van der Waals surface area contributed by atoms with Gasteiger partial charge in [0.25, 0.3) is 5.91 Å². The number of hydrogen-bond acceptors (Lipinski definition) is 3. The van der Waals surface area contributed by atoms with E-state index in [2.05, 4.69) is 32.9 Å². The number of amides is 1. The molecule has 0 bridgehead atoms. The molecule has 1 rings (SSSR count). The lowest BCUT2D eigenvalue weighted by Gasteiger charge is -2.21. The first-order valence-corrected chi connectivity index (χ1v) is 6.02. The molecule has 0 spiro atoms. The molecule has 0 fully saturated rings. The van der Waals surface area contributed by atoms with Crippen LogP contribution in [0.15, 0.2) is 18.5 Å². The molecule has 2 N–H and O–H groups in total. The van der Waals surface area contributed by atoms with Gasteiger partial charge in [0.1, 0.15) is 0 Å². The molecule has 0 aliphatic carbocycles. The molecule has 5 heteroatoms. The zero-order valence-electron chi connectivity index (χ0n) is 9.33. The topological polar surface area (TPSA) is 62.2 Å². The van der Waals surface area contributed by atoms with E-state index in [-0.39, 0.29) is 17.9 Å². The van der Waals surface area contributed by atoms with Crippen molar-refractivity contribution in [3.8, 4) is 0 Å². The Hall–Kier alpha value is -0.690. The van der Waals surface area contributed by atoms with Gasteiger partial charge in [0.05, 0.1) is 5.56 Å². The summed E-state index contributed by atoms with van der Waals surface area (Å²) in [4.78, 5) is 15.7. The van der Waals surface area contributed by atoms with Gasteiger partial charge in [0.15, 0.2) is 0 Å². The second kappa shape index (κ2) is 5.58. The van der Waals surface area contributed by atoms with Crippen molar-refractivity contribution in [3.63, 3.8) is 0 Å². The molecule has 1 aromatic rings. The van der Waals surface area contributed by atoms with E-state index in [1.54, 1.807) is 12.3 Å². The largest absolute Gasteiger partial charge is 0.396 e. The maximum absolute atomic E-state index is 11.7. The van der Waals surface area contributed by atoms with Crippen LogP contribution in [0.4, 0.5) is 0 Å². The molecule has 0 aliphatic rings. The Morgan fingerprint density at radius 1 is 1.56 bits per heavy atom. The van der Waals surface area contributed by atoms with Gasteiger partial charge in [-0.15, -0.1) is 0 Å². The van der Waals surface area contributed by atoms with Crippen molar-refractivity contribution in [3.05, 3.63) is 27.6 Å². The Morgan fingerprint density at radius 2 is 2.25 bits per heavy atom. The van der Waals surface area contributed by atoms with Crippen molar-refractivity contribution in [2.45, 2.75) is 13.8 Å². The van der Waals surface area contributed by atoms with Gasteiger partial charge < -0.3 is 10.4 Å². The highest BCUT2D eigenvalue weighted by Gasteiger charge is 2.18. The number of aliphatic hydroxyl groups excluding tert-OH is 1. The van der Waals surface area contributed by atoms with Gasteiger partial charge in [-0.2, -0.15) is 0 Å². The van der Waals surface area contributed by atoms with Crippen LogP contribution < -0.4 is 5.32 Å². The third kappa shape index (κ3) is 4.05. The van der Waals surface area contributed by atoms with Crippen LogP contribution in [0.25, 0.3) is 0 Å². The maximum atomic E-state index is 11.7. The summed E-state index contributed by atoms with van der Waals surface area (Å²) in [6, 6.07) is 1.77. The Morgan fingerprint density at radius 3 is 2.81 bits per heavy atom. The van der Waals surface area contributed by atoms with Crippen LogP contribution in [0, 0.1) is 8.99 Å². The molecule has 0 aliphatic heterocycles. The molecule has 0 radical (unpaired) electrons. The summed E-state index contributed by atoms with van der Waals surface area (Å²) >= 11 is 2.11. The first-order valence-electron chi connectivity index (χ1n) is 4.94. The van der Waals surface area contributed by atoms with Crippen LogP contribution in [0.2, 0.25) is 0 Å². The lowest BCUT2D eigenvalue weighted by molar-refractivity contribution is 0.0910. The predicted molar refractivity (Wildman–Crippen MR) is 70.2 cm³/mol. The number of rotatable bonds is 4. The zero-order valence-corrected chi connectivity index (χ0v) is 11.5. The van der Waals surface area contributed by atoms with Crippen LogP contribution in [0.1, 0.15) is 24.2 Å². The van der Waals surface area contributed by atoms with Gasteiger partial charge >= 0.3 is 0 Å². The molecular weight excluding hydrogens is 319 g/mol. The third-order valence-electron chi connectivity index (χ3n) is 2.12. The lowest BCUT2D eigenvalue weighted by atomic mass is 9.95. The third-order valence-corrected chi connectivity index (χ3v) is 2.71. The van der Waals surface area contributed by atoms with Gasteiger partial charge in [-0.05, 0) is 28.7 Å². The molecule has 0 saturated heterocycles. The molecule has 0 saturated carbocycles. The van der Waals surface area contributed by atoms with Crippen LogP contribution in [0.5, 0.6) is 0 Å². The number of hydrogen-bond donors (Lipinski definition) is 2. The van der Waals surface area contributed by atoms with Crippen molar-refractivity contribution in [1.82, 2.24) is 10.3 Å². The first-order chi connectivity index (χ1) is 7.44. The van der Waals surface area contributed by atoms with Crippen LogP contribution in [-0.4, -0.2) is 29.1 Å². The second-order valence-corrected chi connectivity index (χ2v) is 5.64. The summed E-state index contributed by atoms with van der Waals surface area (Å²) in [7, 11) is 0. The maximum Gasteiger partial charge on any atom is 0.252 e. The van der Waals surface area contributed by atoms with E-state index in [0.717, 1.165) is 3.57 Å². The molecule has 88 valence electrons. The van der Waals surface area contributed by atoms with E-state index < -0.39 is 0 Å². The molecule has 0 unspecified atom stereocenters. The van der Waals surface area contributed by atoms with Gasteiger partial charge in [-0.25, -0.2) is 0 Å². The fraction of sp³-hybridized carbons (Fsp3) is 0.455. The smallest absolute Gasteiger partial charge is 0.252 e. The SMILES string of the molecule is CC(C)(CO)CNC(=O)c1cncc(I)c1. The van der Waals surface area contributed by atoms with Gasteiger partial charge in [0, 0.05) is 34.5 Å². The Kier molecular flexibility index (Phi) is 4.67. The molecule has 4 nitrogen and oxygen atoms in total. The minimum atomic E-state index is -0.301. The predicted octanol–water partition coefficient (Wildman–Crippen LogP) is 1.43. The number of aromatic nitrogens is 1. The molecule has 1 heterocycles. The highest BCUT2D eigenvalue weighted by molar-refractivity contribution is 14.1. The normalized spacial score (nSPS) is 11.2. The molecule has 16 heavy (non-hydrogen) atoms. The number of nitrogens with one attached hydrogen (secondary N) is 1. The number of aliphatic hydroxyl groups is 1. The van der Waals surface area contributed by atoms with E-state index in [4.69, 9.17) is 5.11 Å². The Labute approximate surface area is 109 Å². The highest BCUT2D eigenvalue weighted by Crippen LogP contribution is 2.12. The number of halogens is 1. The van der Waals surface area contributed by atoms with Crippen LogP contribution >= 0.6 is 22.6 Å². The van der Waals surface area contributed by atoms with Crippen molar-refractivity contribution in [1.29, 1.82) is 0 Å². The van der Waals surface area contributed by atoms with E-state index in [0.29, 0.717) is 12.1 Å². The van der Waals surface area contributed by atoms with Crippen molar-refractivity contribution in [2.24, 2.45) is 5.41 Å². The summed E-state index contributed by atoms with van der Waals surface area (Å²) < 4.78 is 0.923. The van der Waals surface area contributed by atoms with E-state index in [1.807, 2.05) is 13.8 Å². The van der Waals surface area contributed by atoms with Crippen LogP contribution in [0.3, 0.4) is 0 Å². The lowest BCUT2D eigenvalue weighted by Crippen LogP contribution is -2.36. The molecule has 1 aromatic heterocycles. The monoisotopic (exact) mass is 334 g/mol. The minimum Gasteiger partial charge on any atom is -0.396 e. The summed E-state index contributed by atoms with van der Waals surface area (Å²) in [5.74, 6) is -0.160. The second-order valence-electron chi connectivity index (χ2n) is 4.40. The first kappa shape index (κ1) is 13.4. The fourth-order valence-electron chi connectivity index (χ4n) is 1.01. The Bertz CT molecular complexity index is 380. The molecule has 1 amide bonds. The van der Waals surface area contributed by atoms with E-state index in [9.17, 15) is 4.79 Å². The molecule has 0 aromatic carbocycles. The highest BCUT2D eigenvalue weighted by atomic mass is 127. The summed E-state index contributed by atoms with van der Waals surface area (Å²) in [5, 5.41) is 11.8. The van der Waals surface area contributed by atoms with Crippen LogP contribution in [-0.2, 0) is 0 Å². The standard InChI is InChI=1S/C11H15IN2O2/c1-11(2,7-15)6-14-10(16)8-3-9(12)5-13-4-8/h3-5,15H,6-7H2,1-2H3,(H,14,16). The van der Waals surface area contributed by atoms with Crippen molar-refractivity contribution < 1.29 is 9.90 Å². The van der Waals surface area contributed by atoms with Gasteiger partial charge in [-0.3, -0.25) is 9.78 Å². The quantitative estimate of drug-likeness (QED) is 0.819. The van der Waals surface area contributed by atoms with E-state index in [1.165, 1.54) is 6.20 Å². The summed E-state index contributed by atoms with van der Waals surface area (Å²) in [6.07, 6.45) is 3.22. The number of carbonyl (C=O) groups excluding carboxylic acids is 1. The number of carbonyl (C=O) groups is 1. The molecule has 0 atom stereocenters. The summed E-state index contributed by atoms with van der Waals surface area (Å²) in [5.41, 5.74) is 0.242. The van der Waals surface area contributed by atoms with E-state index >= 15 is 0 Å². The van der Waals surface area contributed by atoms with Crippen molar-refractivity contribution >= 4 is 28.5 Å². The molecular formula is C11H15IN2O2. The Balaban J connectivity index is 2.60. The summed E-state index contributed by atoms with van der Waals surface area (Å²) in [6.45, 7) is 4.26. The minimum absolute atomic E-state index is 0.0395. The number of pyridine rings is 1. The average Bonchev–Trinajstić information content (AvgIpc) is 2.26. The average molecular weight is 334 g/mol. The zero-order chi connectivity index (χ0) is 12.2. The fourth-order valence-corrected chi connectivity index (χ4v) is 1.51. The number of nitrogens with zero attached hydrogens (tertiary/aromatic N) is 1.